The van der Waals surface area contributed by atoms with Crippen molar-refractivity contribution in [3.63, 3.8) is 0 Å². The Balaban J connectivity index is 1.35. The summed E-state index contributed by atoms with van der Waals surface area (Å²) in [5.41, 5.74) is 2.22. The molecule has 1 atom stereocenters. The van der Waals surface area contributed by atoms with Crippen LogP contribution in [0.3, 0.4) is 0 Å². The van der Waals surface area contributed by atoms with Gasteiger partial charge in [0.2, 0.25) is 0 Å². The molecule has 1 saturated heterocycles. The maximum absolute atomic E-state index is 12.9. The molecule has 3 rings (SSSR count). The highest BCUT2D eigenvalue weighted by atomic mass is 19.1. The summed E-state index contributed by atoms with van der Waals surface area (Å²) in [4.78, 5) is 2.17. The number of nitrogens with zero attached hydrogens (tertiary/aromatic N) is 1. The molecular weight excluding hydrogens is 371 g/mol. The molecule has 1 fully saturated rings. The average Bonchev–Trinajstić information content (AvgIpc) is 2.73. The Bertz CT molecular complexity index is 733. The van der Waals surface area contributed by atoms with Crippen LogP contribution in [0.5, 0.6) is 5.75 Å². The highest BCUT2D eigenvalue weighted by Crippen LogP contribution is 2.15. The highest BCUT2D eigenvalue weighted by molar-refractivity contribution is 5.28. The van der Waals surface area contributed by atoms with E-state index >= 15 is 0 Å². The molecule has 0 saturated carbocycles. The number of ether oxygens (including phenoxy) is 1. The van der Waals surface area contributed by atoms with E-state index in [1.54, 1.807) is 0 Å². The third-order valence-corrected chi connectivity index (χ3v) is 5.20. The number of nitrogens with one attached hydrogen (secondary N) is 1. The Morgan fingerprint density at radius 2 is 1.86 bits per heavy atom. The van der Waals surface area contributed by atoms with E-state index in [2.05, 4.69) is 10.2 Å². The molecule has 2 aromatic carbocycles. The van der Waals surface area contributed by atoms with E-state index in [0.29, 0.717) is 6.54 Å². The standard InChI is InChI=1S/C23H31FN2O3/c24-20-6-4-18(5-7-20)8-11-25-15-19-2-1-3-23(14-19)29-17-22(28)16-26-12-9-21(27)10-13-26/h1-7,14,21-22,25,27-28H,8-13,15-17H2/t22-/m0/s1. The van der Waals surface area contributed by atoms with Gasteiger partial charge >= 0.3 is 0 Å². The summed E-state index contributed by atoms with van der Waals surface area (Å²) < 4.78 is 18.7. The van der Waals surface area contributed by atoms with Crippen molar-refractivity contribution in [2.75, 3.05) is 32.8 Å². The number of halogens is 1. The average molecular weight is 403 g/mol. The maximum Gasteiger partial charge on any atom is 0.123 e. The van der Waals surface area contributed by atoms with Crippen molar-refractivity contribution in [3.05, 3.63) is 65.5 Å². The van der Waals surface area contributed by atoms with E-state index in [1.165, 1.54) is 12.1 Å². The van der Waals surface area contributed by atoms with Gasteiger partial charge in [-0.25, -0.2) is 4.39 Å². The molecule has 5 nitrogen and oxygen atoms in total. The van der Waals surface area contributed by atoms with Gasteiger partial charge in [0, 0.05) is 26.2 Å². The van der Waals surface area contributed by atoms with Gasteiger partial charge in [-0.3, -0.25) is 0 Å². The summed E-state index contributed by atoms with van der Waals surface area (Å²) in [5.74, 6) is 0.536. The fraction of sp³-hybridized carbons (Fsp3) is 0.478. The van der Waals surface area contributed by atoms with Gasteiger partial charge in [0.05, 0.1) is 6.10 Å². The Morgan fingerprint density at radius 3 is 2.62 bits per heavy atom. The quantitative estimate of drug-likeness (QED) is 0.533. The minimum atomic E-state index is -0.553. The summed E-state index contributed by atoms with van der Waals surface area (Å²) >= 11 is 0. The molecule has 0 unspecified atom stereocenters. The lowest BCUT2D eigenvalue weighted by Gasteiger charge is -2.30. The van der Waals surface area contributed by atoms with Gasteiger partial charge in [0.25, 0.3) is 0 Å². The minimum absolute atomic E-state index is 0.202. The molecule has 6 heteroatoms. The Hall–Kier alpha value is -1.99. The van der Waals surface area contributed by atoms with Gasteiger partial charge in [-0.05, 0) is 61.2 Å². The van der Waals surface area contributed by atoms with Gasteiger partial charge in [0.1, 0.15) is 24.3 Å². The summed E-state index contributed by atoms with van der Waals surface area (Å²) in [5, 5.41) is 23.2. The van der Waals surface area contributed by atoms with Crippen molar-refractivity contribution >= 4 is 0 Å². The van der Waals surface area contributed by atoms with Crippen molar-refractivity contribution in [2.45, 2.75) is 38.0 Å². The molecule has 1 aliphatic rings. The number of likely N-dealkylation sites (tertiary alicyclic amines) is 1. The predicted molar refractivity (Wildman–Crippen MR) is 111 cm³/mol. The van der Waals surface area contributed by atoms with Crippen molar-refractivity contribution in [2.24, 2.45) is 0 Å². The molecule has 0 aromatic heterocycles. The second kappa shape index (κ2) is 11.3. The maximum atomic E-state index is 12.9. The molecule has 3 N–H and O–H groups in total. The van der Waals surface area contributed by atoms with E-state index in [-0.39, 0.29) is 18.5 Å². The second-order valence-electron chi connectivity index (χ2n) is 7.70. The van der Waals surface area contributed by atoms with E-state index in [4.69, 9.17) is 4.74 Å². The van der Waals surface area contributed by atoms with Crippen LogP contribution in [-0.4, -0.2) is 60.1 Å². The number of aliphatic hydroxyl groups excluding tert-OH is 2. The first kappa shape index (κ1) is 21.7. The zero-order valence-electron chi connectivity index (χ0n) is 16.8. The SMILES string of the molecule is OC1CCN(C[C@H](O)COc2cccc(CNCCc3ccc(F)cc3)c2)CC1. The summed E-state index contributed by atoms with van der Waals surface area (Å²) in [6.07, 6.45) is 1.62. The van der Waals surface area contributed by atoms with Gasteiger partial charge < -0.3 is 25.2 Å². The normalized spacial score (nSPS) is 16.7. The first-order valence-electron chi connectivity index (χ1n) is 10.3. The molecule has 0 radical (unpaired) electrons. The van der Waals surface area contributed by atoms with Crippen LogP contribution in [0.1, 0.15) is 24.0 Å². The number of benzene rings is 2. The molecule has 1 aliphatic heterocycles. The Morgan fingerprint density at radius 1 is 1.10 bits per heavy atom. The van der Waals surface area contributed by atoms with E-state index in [9.17, 15) is 14.6 Å². The molecule has 0 amide bonds. The Labute approximate surface area is 172 Å². The van der Waals surface area contributed by atoms with Gasteiger partial charge in [-0.15, -0.1) is 0 Å². The smallest absolute Gasteiger partial charge is 0.123 e. The fourth-order valence-electron chi connectivity index (χ4n) is 3.51. The first-order valence-corrected chi connectivity index (χ1v) is 10.3. The molecule has 1 heterocycles. The van der Waals surface area contributed by atoms with E-state index in [0.717, 1.165) is 62.3 Å². The van der Waals surface area contributed by atoms with Crippen molar-refractivity contribution in [1.29, 1.82) is 0 Å². The highest BCUT2D eigenvalue weighted by Gasteiger charge is 2.19. The zero-order chi connectivity index (χ0) is 20.5. The lowest BCUT2D eigenvalue weighted by atomic mass is 10.1. The molecule has 2 aromatic rings. The van der Waals surface area contributed by atoms with Crippen LogP contribution in [0.15, 0.2) is 48.5 Å². The third kappa shape index (κ3) is 7.74. The lowest BCUT2D eigenvalue weighted by Crippen LogP contribution is -2.41. The number of hydrogen-bond acceptors (Lipinski definition) is 5. The van der Waals surface area contributed by atoms with E-state index in [1.807, 2.05) is 36.4 Å². The van der Waals surface area contributed by atoms with Crippen LogP contribution in [0.2, 0.25) is 0 Å². The van der Waals surface area contributed by atoms with Crippen molar-refractivity contribution in [1.82, 2.24) is 10.2 Å². The van der Waals surface area contributed by atoms with Gasteiger partial charge in [0.15, 0.2) is 0 Å². The van der Waals surface area contributed by atoms with Gasteiger partial charge in [-0.1, -0.05) is 24.3 Å². The van der Waals surface area contributed by atoms with Crippen molar-refractivity contribution < 1.29 is 19.3 Å². The monoisotopic (exact) mass is 402 g/mol. The van der Waals surface area contributed by atoms with Crippen LogP contribution in [0.25, 0.3) is 0 Å². The van der Waals surface area contributed by atoms with Crippen LogP contribution in [-0.2, 0) is 13.0 Å². The number of β-amino-alcohol motifs (C(OH)–C–C–N with tert-alkyl or cyclic N) is 1. The Kier molecular flexibility index (Phi) is 8.43. The zero-order valence-corrected chi connectivity index (χ0v) is 16.8. The van der Waals surface area contributed by atoms with Crippen LogP contribution in [0.4, 0.5) is 4.39 Å². The second-order valence-corrected chi connectivity index (χ2v) is 7.70. The number of hydrogen-bond donors (Lipinski definition) is 3. The summed E-state index contributed by atoms with van der Waals surface area (Å²) in [6, 6.07) is 14.4. The van der Waals surface area contributed by atoms with Crippen LogP contribution < -0.4 is 10.1 Å². The molecule has 29 heavy (non-hydrogen) atoms. The number of rotatable bonds is 10. The van der Waals surface area contributed by atoms with Crippen LogP contribution >= 0.6 is 0 Å². The van der Waals surface area contributed by atoms with Crippen LogP contribution in [0, 0.1) is 5.82 Å². The fourth-order valence-corrected chi connectivity index (χ4v) is 3.51. The topological polar surface area (TPSA) is 65.0 Å². The minimum Gasteiger partial charge on any atom is -0.491 e. The van der Waals surface area contributed by atoms with Gasteiger partial charge in [-0.2, -0.15) is 0 Å². The predicted octanol–water partition coefficient (Wildman–Crippen LogP) is 2.35. The summed E-state index contributed by atoms with van der Waals surface area (Å²) in [7, 11) is 0. The molecule has 0 aliphatic carbocycles. The number of piperidine rings is 1. The molecule has 0 bridgehead atoms. The van der Waals surface area contributed by atoms with E-state index < -0.39 is 6.10 Å². The third-order valence-electron chi connectivity index (χ3n) is 5.20. The largest absolute Gasteiger partial charge is 0.491 e. The molecule has 158 valence electrons. The number of aliphatic hydroxyl groups is 2. The first-order chi connectivity index (χ1) is 14.1. The molecular formula is C23H31FN2O3. The summed E-state index contributed by atoms with van der Waals surface area (Å²) in [6.45, 7) is 3.98. The molecule has 0 spiro atoms. The lowest BCUT2D eigenvalue weighted by molar-refractivity contribution is 0.0337. The van der Waals surface area contributed by atoms with Crippen molar-refractivity contribution in [3.8, 4) is 5.75 Å².